The van der Waals surface area contributed by atoms with E-state index in [0.717, 1.165) is 23.5 Å². The fourth-order valence-electron chi connectivity index (χ4n) is 4.42. The predicted octanol–water partition coefficient (Wildman–Crippen LogP) is 4.46. The molecule has 0 radical (unpaired) electrons. The number of likely N-dealkylation sites (N-methyl/N-ethyl adjacent to an activating group) is 1. The van der Waals surface area contributed by atoms with Crippen molar-refractivity contribution in [1.29, 1.82) is 0 Å². The van der Waals surface area contributed by atoms with Gasteiger partial charge in [0.05, 0.1) is 20.1 Å². The largest absolute Gasteiger partial charge is 0.495 e. The molecule has 0 bridgehead atoms. The lowest BCUT2D eigenvalue weighted by Gasteiger charge is -2.26. The number of carbonyl (C=O) groups is 2. The molecule has 2 heterocycles. The van der Waals surface area contributed by atoms with E-state index in [9.17, 15) is 9.59 Å². The van der Waals surface area contributed by atoms with Crippen LogP contribution in [0.5, 0.6) is 11.5 Å². The molecule has 2 amide bonds. The van der Waals surface area contributed by atoms with Crippen molar-refractivity contribution in [3.63, 3.8) is 0 Å². The number of methoxy groups -OCH3 is 2. The number of fused-ring (bicyclic) bond motifs is 1. The van der Waals surface area contributed by atoms with E-state index in [1.54, 1.807) is 24.0 Å². The second-order valence-electron chi connectivity index (χ2n) is 8.40. The van der Waals surface area contributed by atoms with Crippen LogP contribution in [0.3, 0.4) is 0 Å². The minimum Gasteiger partial charge on any atom is -0.495 e. The summed E-state index contributed by atoms with van der Waals surface area (Å²) in [5.74, 6) is 0.764. The number of benzene rings is 2. The van der Waals surface area contributed by atoms with Gasteiger partial charge in [0.15, 0.2) is 5.13 Å². The van der Waals surface area contributed by atoms with Crippen LogP contribution in [0, 0.1) is 5.92 Å². The van der Waals surface area contributed by atoms with E-state index < -0.39 is 5.92 Å². The van der Waals surface area contributed by atoms with E-state index in [0.29, 0.717) is 41.8 Å². The predicted molar refractivity (Wildman–Crippen MR) is 147 cm³/mol. The molecule has 1 aliphatic heterocycles. The number of anilines is 2. The Labute approximate surface area is 222 Å². The molecule has 10 heteroatoms. The Balaban J connectivity index is 0.00000361. The van der Waals surface area contributed by atoms with Gasteiger partial charge in [-0.05, 0) is 37.4 Å². The maximum Gasteiger partial charge on any atom is 0.234 e. The molecular weight excluding hydrogens is 500 g/mol. The highest BCUT2D eigenvalue weighted by Crippen LogP contribution is 2.40. The Morgan fingerprint density at radius 3 is 2.36 bits per heavy atom. The molecule has 8 nitrogen and oxygen atoms in total. The van der Waals surface area contributed by atoms with Gasteiger partial charge in [-0.2, -0.15) is 0 Å². The van der Waals surface area contributed by atoms with E-state index in [-0.39, 0.29) is 30.6 Å². The second kappa shape index (κ2) is 12.4. The van der Waals surface area contributed by atoms with Crippen LogP contribution in [0.25, 0.3) is 10.2 Å². The number of carbonyl (C=O) groups excluding carboxylic acids is 2. The van der Waals surface area contributed by atoms with Gasteiger partial charge < -0.3 is 19.3 Å². The number of halogens is 1. The number of ether oxygens (including phenoxy) is 2. The highest BCUT2D eigenvalue weighted by Gasteiger charge is 2.38. The lowest BCUT2D eigenvalue weighted by molar-refractivity contribution is -0.124. The van der Waals surface area contributed by atoms with Crippen LogP contribution in [0.15, 0.2) is 42.5 Å². The maximum atomic E-state index is 13.9. The summed E-state index contributed by atoms with van der Waals surface area (Å²) in [5, 5.41) is 0.588. The summed E-state index contributed by atoms with van der Waals surface area (Å²) in [6, 6.07) is 13.2. The third-order valence-electron chi connectivity index (χ3n) is 6.47. The van der Waals surface area contributed by atoms with Crippen LogP contribution >= 0.6 is 23.7 Å². The molecule has 1 saturated heterocycles. The highest BCUT2D eigenvalue weighted by molar-refractivity contribution is 7.22. The Morgan fingerprint density at radius 2 is 1.72 bits per heavy atom. The summed E-state index contributed by atoms with van der Waals surface area (Å²) in [6.07, 6.45) is 0.188. The second-order valence-corrected chi connectivity index (χ2v) is 9.38. The van der Waals surface area contributed by atoms with E-state index in [1.165, 1.54) is 11.3 Å². The van der Waals surface area contributed by atoms with Crippen molar-refractivity contribution in [2.24, 2.45) is 5.92 Å². The third kappa shape index (κ3) is 5.58. The minimum atomic E-state index is -0.435. The van der Waals surface area contributed by atoms with Crippen molar-refractivity contribution in [3.8, 4) is 11.5 Å². The van der Waals surface area contributed by atoms with Gasteiger partial charge in [0, 0.05) is 31.7 Å². The van der Waals surface area contributed by atoms with Gasteiger partial charge in [-0.1, -0.05) is 43.4 Å². The first-order chi connectivity index (χ1) is 17.0. The van der Waals surface area contributed by atoms with Crippen LogP contribution < -0.4 is 19.3 Å². The monoisotopic (exact) mass is 532 g/mol. The van der Waals surface area contributed by atoms with Crippen molar-refractivity contribution < 1.29 is 19.1 Å². The minimum absolute atomic E-state index is 0. The lowest BCUT2D eigenvalue weighted by Crippen LogP contribution is -2.42. The highest BCUT2D eigenvalue weighted by atomic mass is 35.5. The van der Waals surface area contributed by atoms with Crippen LogP contribution in [-0.4, -0.2) is 68.6 Å². The number of aromatic nitrogens is 1. The first-order valence-electron chi connectivity index (χ1n) is 11.9. The summed E-state index contributed by atoms with van der Waals surface area (Å²) < 4.78 is 11.9. The molecular formula is C26H33ClN4O4S. The van der Waals surface area contributed by atoms with E-state index >= 15 is 0 Å². The molecule has 2 aromatic carbocycles. The van der Waals surface area contributed by atoms with Gasteiger partial charge in [-0.15, -0.1) is 12.4 Å². The topological polar surface area (TPSA) is 75.2 Å². The van der Waals surface area contributed by atoms with Gasteiger partial charge in [0.1, 0.15) is 21.7 Å². The average Bonchev–Trinajstić information content (AvgIpc) is 3.50. The lowest BCUT2D eigenvalue weighted by atomic mass is 10.1. The molecule has 1 fully saturated rings. The van der Waals surface area contributed by atoms with Crippen LogP contribution in [0.2, 0.25) is 0 Å². The maximum absolute atomic E-state index is 13.9. The number of amides is 2. The molecule has 0 aliphatic carbocycles. The van der Waals surface area contributed by atoms with Crippen LogP contribution in [-0.2, 0) is 9.59 Å². The number of rotatable bonds is 10. The molecule has 1 aromatic heterocycles. The fraction of sp³-hybridized carbons (Fsp3) is 0.423. The third-order valence-corrected chi connectivity index (χ3v) is 7.57. The standard InChI is InChI=1S/C26H32N4O4S.ClH/c1-5-28(6-2)14-15-29(26-27-23-20(33-3)12-13-21(34-4)24(23)35-26)25(32)18-16-22(31)30(17-18)19-10-8-7-9-11-19;/h7-13,18H,5-6,14-17H2,1-4H3;1H. The smallest absolute Gasteiger partial charge is 0.234 e. The van der Waals surface area contributed by atoms with Crippen molar-refractivity contribution in [2.45, 2.75) is 20.3 Å². The molecule has 0 spiro atoms. The van der Waals surface area contributed by atoms with Crippen molar-refractivity contribution in [1.82, 2.24) is 9.88 Å². The Kier molecular flexibility index (Phi) is 9.53. The Hall–Kier alpha value is -2.88. The molecule has 3 aromatic rings. The molecule has 1 atom stereocenters. The summed E-state index contributed by atoms with van der Waals surface area (Å²) in [5.41, 5.74) is 1.48. The zero-order valence-electron chi connectivity index (χ0n) is 21.1. The molecule has 0 N–H and O–H groups in total. The van der Waals surface area contributed by atoms with Gasteiger partial charge in [0.2, 0.25) is 11.8 Å². The van der Waals surface area contributed by atoms with E-state index in [1.807, 2.05) is 42.5 Å². The van der Waals surface area contributed by atoms with Gasteiger partial charge in [0.25, 0.3) is 0 Å². The Morgan fingerprint density at radius 1 is 1.06 bits per heavy atom. The number of hydrogen-bond acceptors (Lipinski definition) is 7. The van der Waals surface area contributed by atoms with Crippen LogP contribution in [0.4, 0.5) is 10.8 Å². The first-order valence-corrected chi connectivity index (χ1v) is 12.7. The fourth-order valence-corrected chi connectivity index (χ4v) is 5.53. The van der Waals surface area contributed by atoms with Crippen LogP contribution in [0.1, 0.15) is 20.3 Å². The molecule has 0 saturated carbocycles. The molecule has 36 heavy (non-hydrogen) atoms. The van der Waals surface area contributed by atoms with Crippen molar-refractivity contribution in [3.05, 3.63) is 42.5 Å². The van der Waals surface area contributed by atoms with Crippen molar-refractivity contribution in [2.75, 3.05) is 56.7 Å². The molecule has 1 aliphatic rings. The number of para-hydroxylation sites is 1. The quantitative estimate of drug-likeness (QED) is 0.384. The molecule has 4 rings (SSSR count). The zero-order chi connectivity index (χ0) is 24.9. The molecule has 194 valence electrons. The SMILES string of the molecule is CCN(CC)CCN(C(=O)C1CC(=O)N(c2ccccc2)C1)c1nc2c(OC)ccc(OC)c2s1.Cl. The summed E-state index contributed by atoms with van der Waals surface area (Å²) in [4.78, 5) is 37.2. The molecule has 1 unspecified atom stereocenters. The summed E-state index contributed by atoms with van der Waals surface area (Å²) in [6.45, 7) is 7.56. The average molecular weight is 533 g/mol. The van der Waals surface area contributed by atoms with E-state index in [2.05, 4.69) is 18.7 Å². The normalized spacial score (nSPS) is 15.3. The van der Waals surface area contributed by atoms with Gasteiger partial charge in [-0.25, -0.2) is 4.98 Å². The number of thiazole rings is 1. The summed E-state index contributed by atoms with van der Waals surface area (Å²) >= 11 is 1.41. The zero-order valence-corrected chi connectivity index (χ0v) is 22.7. The Bertz CT molecular complexity index is 1140. The summed E-state index contributed by atoms with van der Waals surface area (Å²) in [7, 11) is 3.22. The first kappa shape index (κ1) is 27.7. The van der Waals surface area contributed by atoms with Gasteiger partial charge >= 0.3 is 0 Å². The van der Waals surface area contributed by atoms with Crippen molar-refractivity contribution >= 4 is 56.6 Å². The van der Waals surface area contributed by atoms with Gasteiger partial charge in [-0.3, -0.25) is 14.5 Å². The van der Waals surface area contributed by atoms with E-state index in [4.69, 9.17) is 14.5 Å². The number of hydrogen-bond donors (Lipinski definition) is 0. The number of nitrogens with zero attached hydrogens (tertiary/aromatic N) is 4.